The minimum absolute atomic E-state index is 0.166. The molecule has 118 valence electrons. The van der Waals surface area contributed by atoms with Gasteiger partial charge >= 0.3 is 0 Å². The molecule has 0 bridgehead atoms. The number of primary amides is 1. The minimum atomic E-state index is -0.386. The van der Waals surface area contributed by atoms with Gasteiger partial charge in [0.25, 0.3) is 0 Å². The van der Waals surface area contributed by atoms with E-state index in [0.29, 0.717) is 17.2 Å². The molecule has 1 aromatic rings. The van der Waals surface area contributed by atoms with Crippen molar-refractivity contribution in [3.05, 3.63) is 17.7 Å². The SMILES string of the molecule is CCCNC(CC(N)=O)c1c(OC)cc(OC)cc1OC. The Morgan fingerprint density at radius 2 is 1.76 bits per heavy atom. The van der Waals surface area contributed by atoms with Gasteiger partial charge < -0.3 is 25.3 Å². The number of nitrogens with two attached hydrogens (primary N) is 1. The predicted molar refractivity (Wildman–Crippen MR) is 80.9 cm³/mol. The van der Waals surface area contributed by atoms with Gasteiger partial charge in [-0.3, -0.25) is 4.79 Å². The van der Waals surface area contributed by atoms with E-state index in [-0.39, 0.29) is 18.4 Å². The minimum Gasteiger partial charge on any atom is -0.496 e. The predicted octanol–water partition coefficient (Wildman–Crippen LogP) is 1.63. The first kappa shape index (κ1) is 17.1. The summed E-state index contributed by atoms with van der Waals surface area (Å²) in [4.78, 5) is 11.3. The Labute approximate surface area is 125 Å². The molecule has 0 saturated carbocycles. The fourth-order valence-corrected chi connectivity index (χ4v) is 2.17. The Bertz CT molecular complexity index is 452. The van der Waals surface area contributed by atoms with Crippen molar-refractivity contribution < 1.29 is 19.0 Å². The first-order valence-corrected chi connectivity index (χ1v) is 6.88. The van der Waals surface area contributed by atoms with Gasteiger partial charge in [0, 0.05) is 24.6 Å². The summed E-state index contributed by atoms with van der Waals surface area (Å²) in [6, 6.07) is 3.26. The van der Waals surface area contributed by atoms with Gasteiger partial charge in [0.15, 0.2) is 0 Å². The Balaban J connectivity index is 3.28. The van der Waals surface area contributed by atoms with Crippen LogP contribution >= 0.6 is 0 Å². The number of methoxy groups -OCH3 is 3. The molecule has 0 aliphatic carbocycles. The van der Waals surface area contributed by atoms with Crippen molar-refractivity contribution in [1.82, 2.24) is 5.32 Å². The summed E-state index contributed by atoms with van der Waals surface area (Å²) < 4.78 is 16.1. The zero-order chi connectivity index (χ0) is 15.8. The fraction of sp³-hybridized carbons (Fsp3) is 0.533. The van der Waals surface area contributed by atoms with Crippen molar-refractivity contribution >= 4 is 5.91 Å². The van der Waals surface area contributed by atoms with Crippen molar-refractivity contribution in [2.75, 3.05) is 27.9 Å². The average molecular weight is 296 g/mol. The van der Waals surface area contributed by atoms with E-state index in [4.69, 9.17) is 19.9 Å². The van der Waals surface area contributed by atoms with Crippen LogP contribution in [-0.2, 0) is 4.79 Å². The van der Waals surface area contributed by atoms with E-state index in [1.54, 1.807) is 33.5 Å². The maximum atomic E-state index is 11.3. The molecule has 0 spiro atoms. The van der Waals surface area contributed by atoms with E-state index in [1.165, 1.54) is 0 Å². The molecule has 0 fully saturated rings. The van der Waals surface area contributed by atoms with E-state index in [0.717, 1.165) is 18.5 Å². The van der Waals surface area contributed by atoms with Gasteiger partial charge in [-0.25, -0.2) is 0 Å². The number of carbonyl (C=O) groups excluding carboxylic acids is 1. The third kappa shape index (κ3) is 4.53. The second-order valence-electron chi connectivity index (χ2n) is 4.62. The Morgan fingerprint density at radius 1 is 1.19 bits per heavy atom. The third-order valence-corrected chi connectivity index (χ3v) is 3.15. The molecular formula is C15H24N2O4. The normalized spacial score (nSPS) is 11.8. The number of hydrogen-bond acceptors (Lipinski definition) is 5. The molecular weight excluding hydrogens is 272 g/mol. The molecule has 21 heavy (non-hydrogen) atoms. The molecule has 1 atom stereocenters. The Kier molecular flexibility index (Phi) is 6.81. The number of ether oxygens (including phenoxy) is 3. The zero-order valence-electron chi connectivity index (χ0n) is 13.1. The topological polar surface area (TPSA) is 82.8 Å². The lowest BCUT2D eigenvalue weighted by molar-refractivity contribution is -0.118. The molecule has 3 N–H and O–H groups in total. The first-order valence-electron chi connectivity index (χ1n) is 6.88. The van der Waals surface area contributed by atoms with Gasteiger partial charge in [0.1, 0.15) is 17.2 Å². The second kappa shape index (κ2) is 8.36. The number of hydrogen-bond donors (Lipinski definition) is 2. The van der Waals surface area contributed by atoms with Crippen LogP contribution in [-0.4, -0.2) is 33.8 Å². The molecule has 6 heteroatoms. The van der Waals surface area contributed by atoms with Gasteiger partial charge in [-0.2, -0.15) is 0 Å². The van der Waals surface area contributed by atoms with Crippen LogP contribution in [0.15, 0.2) is 12.1 Å². The molecule has 1 aromatic carbocycles. The summed E-state index contributed by atoms with van der Waals surface area (Å²) in [5.41, 5.74) is 6.13. The van der Waals surface area contributed by atoms with Crippen LogP contribution in [0.1, 0.15) is 31.4 Å². The van der Waals surface area contributed by atoms with Crippen molar-refractivity contribution in [1.29, 1.82) is 0 Å². The molecule has 1 unspecified atom stereocenters. The Hall–Kier alpha value is -1.95. The van der Waals surface area contributed by atoms with Gasteiger partial charge in [0.05, 0.1) is 26.9 Å². The van der Waals surface area contributed by atoms with Gasteiger partial charge in [0.2, 0.25) is 5.91 Å². The van der Waals surface area contributed by atoms with E-state index < -0.39 is 0 Å². The lowest BCUT2D eigenvalue weighted by Crippen LogP contribution is -2.28. The quantitative estimate of drug-likeness (QED) is 0.723. The van der Waals surface area contributed by atoms with Crippen LogP contribution in [0.25, 0.3) is 0 Å². The van der Waals surface area contributed by atoms with Crippen LogP contribution in [0.4, 0.5) is 0 Å². The summed E-state index contributed by atoms with van der Waals surface area (Å²) >= 11 is 0. The van der Waals surface area contributed by atoms with E-state index >= 15 is 0 Å². The highest BCUT2D eigenvalue weighted by Gasteiger charge is 2.23. The number of nitrogens with one attached hydrogen (secondary N) is 1. The molecule has 1 amide bonds. The molecule has 0 aromatic heterocycles. The summed E-state index contributed by atoms with van der Waals surface area (Å²) in [7, 11) is 4.71. The number of carbonyl (C=O) groups is 1. The summed E-state index contributed by atoms with van der Waals surface area (Å²) in [6.45, 7) is 2.81. The fourth-order valence-electron chi connectivity index (χ4n) is 2.17. The van der Waals surface area contributed by atoms with Crippen LogP contribution < -0.4 is 25.3 Å². The maximum Gasteiger partial charge on any atom is 0.219 e. The lowest BCUT2D eigenvalue weighted by atomic mass is 10.00. The van der Waals surface area contributed by atoms with Crippen LogP contribution in [0.2, 0.25) is 0 Å². The van der Waals surface area contributed by atoms with Crippen LogP contribution in [0, 0.1) is 0 Å². The number of benzene rings is 1. The smallest absolute Gasteiger partial charge is 0.219 e. The van der Waals surface area contributed by atoms with Crippen molar-refractivity contribution in [2.24, 2.45) is 5.73 Å². The average Bonchev–Trinajstić information content (AvgIpc) is 2.49. The second-order valence-corrected chi connectivity index (χ2v) is 4.62. The summed E-state index contributed by atoms with van der Waals surface area (Å²) in [6.07, 6.45) is 1.11. The molecule has 0 saturated heterocycles. The molecule has 0 aliphatic rings. The number of rotatable bonds is 9. The maximum absolute atomic E-state index is 11.3. The number of amides is 1. The Morgan fingerprint density at radius 3 is 2.14 bits per heavy atom. The summed E-state index contributed by atoms with van der Waals surface area (Å²) in [5, 5.41) is 3.30. The zero-order valence-corrected chi connectivity index (χ0v) is 13.1. The molecule has 1 rings (SSSR count). The highest BCUT2D eigenvalue weighted by molar-refractivity contribution is 5.75. The lowest BCUT2D eigenvalue weighted by Gasteiger charge is -2.23. The highest BCUT2D eigenvalue weighted by atomic mass is 16.5. The van der Waals surface area contributed by atoms with Crippen molar-refractivity contribution in [3.63, 3.8) is 0 Å². The third-order valence-electron chi connectivity index (χ3n) is 3.15. The monoisotopic (exact) mass is 296 g/mol. The van der Waals surface area contributed by atoms with Crippen molar-refractivity contribution in [2.45, 2.75) is 25.8 Å². The van der Waals surface area contributed by atoms with Crippen LogP contribution in [0.3, 0.4) is 0 Å². The summed E-state index contributed by atoms with van der Waals surface area (Å²) in [5.74, 6) is 1.44. The van der Waals surface area contributed by atoms with E-state index in [1.807, 2.05) is 0 Å². The standard InChI is InChI=1S/C15H24N2O4/c1-5-6-17-11(9-14(16)18)15-12(20-3)7-10(19-2)8-13(15)21-4/h7-8,11,17H,5-6,9H2,1-4H3,(H2,16,18). The van der Waals surface area contributed by atoms with E-state index in [2.05, 4.69) is 12.2 Å². The largest absolute Gasteiger partial charge is 0.496 e. The van der Waals surface area contributed by atoms with E-state index in [9.17, 15) is 4.79 Å². The molecule has 6 nitrogen and oxygen atoms in total. The van der Waals surface area contributed by atoms with Crippen molar-refractivity contribution in [3.8, 4) is 17.2 Å². The molecule has 0 heterocycles. The first-order chi connectivity index (χ1) is 10.1. The molecule has 0 aliphatic heterocycles. The van der Waals surface area contributed by atoms with Gasteiger partial charge in [-0.1, -0.05) is 6.92 Å². The van der Waals surface area contributed by atoms with Gasteiger partial charge in [-0.15, -0.1) is 0 Å². The van der Waals surface area contributed by atoms with Gasteiger partial charge in [-0.05, 0) is 13.0 Å². The highest BCUT2D eigenvalue weighted by Crippen LogP contribution is 2.39. The van der Waals surface area contributed by atoms with Crippen LogP contribution in [0.5, 0.6) is 17.2 Å². The molecule has 0 radical (unpaired) electrons.